The molecule has 0 radical (unpaired) electrons. The molecule has 1 heterocycles. The first-order valence-electron chi connectivity index (χ1n) is 8.54. The zero-order chi connectivity index (χ0) is 20.1. The number of esters is 2. The molecule has 0 saturated carbocycles. The maximum Gasteiger partial charge on any atom is 0.337 e. The van der Waals surface area contributed by atoms with Gasteiger partial charge in [-0.3, -0.25) is 0 Å². The molecule has 1 unspecified atom stereocenters. The smallest absolute Gasteiger partial charge is 0.337 e. The van der Waals surface area contributed by atoms with Crippen molar-refractivity contribution in [1.82, 2.24) is 5.32 Å². The van der Waals surface area contributed by atoms with E-state index in [9.17, 15) is 14.0 Å². The van der Waals surface area contributed by atoms with E-state index in [1.807, 2.05) is 30.5 Å². The zero-order valence-electron chi connectivity index (χ0n) is 16.1. The molecule has 0 aromatic heterocycles. The van der Waals surface area contributed by atoms with Crippen molar-refractivity contribution in [3.8, 4) is 0 Å². The number of hydrogen-bond acceptors (Lipinski definition) is 6. The van der Waals surface area contributed by atoms with Crippen LogP contribution in [0, 0.1) is 0 Å². The summed E-state index contributed by atoms with van der Waals surface area (Å²) in [7, 11) is 1.24. The van der Waals surface area contributed by atoms with Gasteiger partial charge in [-0.1, -0.05) is 18.2 Å². The Morgan fingerprint density at radius 3 is 2.44 bits per heavy atom. The second kappa shape index (κ2) is 9.08. The SMILES string of the molecule is COC(=O)C1=C(CF)NC(C)=C(C(=O)OC(C)C)C1c1ccccc1SC. The summed E-state index contributed by atoms with van der Waals surface area (Å²) in [5.41, 5.74) is 1.65. The number of methoxy groups -OCH3 is 1. The summed E-state index contributed by atoms with van der Waals surface area (Å²) in [6.07, 6.45) is 1.57. The van der Waals surface area contributed by atoms with Gasteiger partial charge in [-0.25, -0.2) is 14.0 Å². The van der Waals surface area contributed by atoms with Gasteiger partial charge in [0, 0.05) is 10.6 Å². The Balaban J connectivity index is 2.75. The second-order valence-corrected chi connectivity index (χ2v) is 7.16. The van der Waals surface area contributed by atoms with Crippen molar-refractivity contribution >= 4 is 23.7 Å². The van der Waals surface area contributed by atoms with Crippen LogP contribution in [0.3, 0.4) is 0 Å². The Hall–Kier alpha value is -2.28. The minimum atomic E-state index is -0.883. The van der Waals surface area contributed by atoms with Crippen LogP contribution >= 0.6 is 11.8 Å². The van der Waals surface area contributed by atoms with E-state index in [0.29, 0.717) is 5.70 Å². The van der Waals surface area contributed by atoms with Crippen LogP contribution in [-0.4, -0.2) is 38.1 Å². The molecule has 0 saturated heterocycles. The third kappa shape index (κ3) is 4.35. The lowest BCUT2D eigenvalue weighted by Crippen LogP contribution is -2.34. The fourth-order valence-electron chi connectivity index (χ4n) is 3.12. The molecule has 0 fully saturated rings. The van der Waals surface area contributed by atoms with E-state index in [1.165, 1.54) is 18.9 Å². The lowest BCUT2D eigenvalue weighted by molar-refractivity contribution is -0.143. The van der Waals surface area contributed by atoms with Gasteiger partial charge in [0.15, 0.2) is 0 Å². The van der Waals surface area contributed by atoms with E-state index in [0.717, 1.165) is 10.5 Å². The van der Waals surface area contributed by atoms with Crippen LogP contribution < -0.4 is 5.32 Å². The Bertz CT molecular complexity index is 801. The highest BCUT2D eigenvalue weighted by molar-refractivity contribution is 7.98. The summed E-state index contributed by atoms with van der Waals surface area (Å²) in [5.74, 6) is -2.01. The molecule has 0 amide bonds. The number of alkyl halides is 1. The number of dihydropyridines is 1. The Morgan fingerprint density at radius 2 is 1.89 bits per heavy atom. The first-order chi connectivity index (χ1) is 12.8. The molecule has 27 heavy (non-hydrogen) atoms. The molecule has 7 heteroatoms. The van der Waals surface area contributed by atoms with Crippen molar-refractivity contribution in [3.05, 3.63) is 52.4 Å². The molecule has 1 N–H and O–H groups in total. The highest BCUT2D eigenvalue weighted by atomic mass is 32.2. The number of nitrogens with one attached hydrogen (secondary N) is 1. The Morgan fingerprint density at radius 1 is 1.22 bits per heavy atom. The second-order valence-electron chi connectivity index (χ2n) is 6.31. The summed E-state index contributed by atoms with van der Waals surface area (Å²) in [5, 5.41) is 2.85. The largest absolute Gasteiger partial charge is 0.466 e. The fraction of sp³-hybridized carbons (Fsp3) is 0.400. The molecule has 1 aliphatic heterocycles. The number of halogens is 1. The zero-order valence-corrected chi connectivity index (χ0v) is 16.9. The van der Waals surface area contributed by atoms with E-state index < -0.39 is 24.5 Å². The fourth-order valence-corrected chi connectivity index (χ4v) is 3.75. The first-order valence-corrected chi connectivity index (χ1v) is 9.77. The number of allylic oxidation sites excluding steroid dienone is 2. The molecule has 1 aromatic carbocycles. The molecule has 146 valence electrons. The van der Waals surface area contributed by atoms with Crippen molar-refractivity contribution < 1.29 is 23.5 Å². The molecular formula is C20H24FNO4S. The standard InChI is InChI=1S/C20H24FNO4S/c1-11(2)26-20(24)16-12(3)22-14(10-21)18(19(23)25-4)17(16)13-8-6-7-9-15(13)27-5/h6-9,11,17,22H,10H2,1-5H3. The summed E-state index contributed by atoms with van der Waals surface area (Å²) in [6.45, 7) is 4.29. The van der Waals surface area contributed by atoms with Crippen LogP contribution in [0.1, 0.15) is 32.3 Å². The molecule has 1 aliphatic rings. The van der Waals surface area contributed by atoms with Gasteiger partial charge in [0.05, 0.1) is 36.0 Å². The molecule has 1 aromatic rings. The van der Waals surface area contributed by atoms with E-state index in [4.69, 9.17) is 9.47 Å². The number of ether oxygens (including phenoxy) is 2. The van der Waals surface area contributed by atoms with Crippen molar-refractivity contribution in [2.45, 2.75) is 37.7 Å². The van der Waals surface area contributed by atoms with E-state index >= 15 is 0 Å². The first kappa shape index (κ1) is 21.0. The monoisotopic (exact) mass is 393 g/mol. The summed E-state index contributed by atoms with van der Waals surface area (Å²) in [4.78, 5) is 26.3. The van der Waals surface area contributed by atoms with Crippen LogP contribution in [0.15, 0.2) is 51.7 Å². The molecule has 0 bridgehead atoms. The molecule has 0 aliphatic carbocycles. The van der Waals surface area contributed by atoms with Gasteiger partial charge in [0.1, 0.15) is 6.67 Å². The van der Waals surface area contributed by atoms with Crippen molar-refractivity contribution in [2.75, 3.05) is 20.0 Å². The van der Waals surface area contributed by atoms with Crippen LogP contribution in [0.5, 0.6) is 0 Å². The normalized spacial score (nSPS) is 17.1. The Kier molecular flexibility index (Phi) is 7.07. The number of carbonyl (C=O) groups excluding carboxylic acids is 2. The quantitative estimate of drug-likeness (QED) is 0.587. The molecule has 1 atom stereocenters. The highest BCUT2D eigenvalue weighted by Gasteiger charge is 2.39. The third-order valence-electron chi connectivity index (χ3n) is 4.20. The van der Waals surface area contributed by atoms with Gasteiger partial charge in [-0.2, -0.15) is 0 Å². The number of thioether (sulfide) groups is 1. The highest BCUT2D eigenvalue weighted by Crippen LogP contribution is 2.42. The predicted molar refractivity (Wildman–Crippen MR) is 103 cm³/mol. The van der Waals surface area contributed by atoms with Gasteiger partial charge in [0.2, 0.25) is 0 Å². The van der Waals surface area contributed by atoms with Crippen LogP contribution in [0.2, 0.25) is 0 Å². The van der Waals surface area contributed by atoms with Gasteiger partial charge in [0.25, 0.3) is 0 Å². The lowest BCUT2D eigenvalue weighted by atomic mass is 9.80. The predicted octanol–water partition coefficient (Wildman–Crippen LogP) is 3.72. The number of rotatable bonds is 6. The van der Waals surface area contributed by atoms with E-state index in [2.05, 4.69) is 5.32 Å². The topological polar surface area (TPSA) is 64.6 Å². The van der Waals surface area contributed by atoms with Crippen LogP contribution in [0.4, 0.5) is 4.39 Å². The Labute approximate surface area is 163 Å². The average molecular weight is 393 g/mol. The minimum absolute atomic E-state index is 0.0859. The lowest BCUT2D eigenvalue weighted by Gasteiger charge is -2.31. The summed E-state index contributed by atoms with van der Waals surface area (Å²) < 4.78 is 24.0. The van der Waals surface area contributed by atoms with E-state index in [1.54, 1.807) is 20.8 Å². The van der Waals surface area contributed by atoms with Gasteiger partial charge in [-0.15, -0.1) is 11.8 Å². The third-order valence-corrected chi connectivity index (χ3v) is 5.01. The maximum atomic E-state index is 13.7. The van der Waals surface area contributed by atoms with Crippen molar-refractivity contribution in [1.29, 1.82) is 0 Å². The van der Waals surface area contributed by atoms with Gasteiger partial charge in [-0.05, 0) is 38.7 Å². The number of hydrogen-bond donors (Lipinski definition) is 1. The van der Waals surface area contributed by atoms with Gasteiger partial charge >= 0.3 is 11.9 Å². The summed E-state index contributed by atoms with van der Waals surface area (Å²) >= 11 is 1.48. The van der Waals surface area contributed by atoms with Gasteiger partial charge < -0.3 is 14.8 Å². The maximum absolute atomic E-state index is 13.7. The molecule has 0 spiro atoms. The molecule has 5 nitrogen and oxygen atoms in total. The molecular weight excluding hydrogens is 369 g/mol. The number of benzene rings is 1. The van der Waals surface area contributed by atoms with E-state index in [-0.39, 0.29) is 22.9 Å². The molecule has 2 rings (SSSR count). The summed E-state index contributed by atoms with van der Waals surface area (Å²) in [6, 6.07) is 7.42. The number of carbonyl (C=O) groups is 2. The van der Waals surface area contributed by atoms with Crippen molar-refractivity contribution in [2.24, 2.45) is 0 Å². The van der Waals surface area contributed by atoms with Crippen LogP contribution in [-0.2, 0) is 19.1 Å². The average Bonchev–Trinajstić information content (AvgIpc) is 2.65. The minimum Gasteiger partial charge on any atom is -0.466 e. The van der Waals surface area contributed by atoms with Crippen molar-refractivity contribution in [3.63, 3.8) is 0 Å². The van der Waals surface area contributed by atoms with Crippen LogP contribution in [0.25, 0.3) is 0 Å².